The molecular formula is C44H27NO2. The molecule has 0 saturated carbocycles. The summed E-state index contributed by atoms with van der Waals surface area (Å²) in [6.45, 7) is 0. The zero-order valence-corrected chi connectivity index (χ0v) is 25.4. The summed E-state index contributed by atoms with van der Waals surface area (Å²) in [7, 11) is 0. The molecule has 0 radical (unpaired) electrons. The lowest BCUT2D eigenvalue weighted by molar-refractivity contribution is 0.669. The number of fused-ring (bicyclic) bond motifs is 10. The van der Waals surface area contributed by atoms with E-state index in [0.717, 1.165) is 82.8 Å². The molecular weight excluding hydrogens is 574 g/mol. The number of furan rings is 2. The van der Waals surface area contributed by atoms with Gasteiger partial charge in [0, 0.05) is 43.9 Å². The first-order valence-electron chi connectivity index (χ1n) is 15.9. The average molecular weight is 602 g/mol. The molecule has 47 heavy (non-hydrogen) atoms. The third-order valence-corrected chi connectivity index (χ3v) is 9.44. The molecule has 0 unspecified atom stereocenters. The minimum Gasteiger partial charge on any atom is -0.456 e. The lowest BCUT2D eigenvalue weighted by Crippen LogP contribution is -2.11. The fraction of sp³-hybridized carbons (Fsp3) is 0. The van der Waals surface area contributed by atoms with Gasteiger partial charge in [-0.2, -0.15) is 0 Å². The van der Waals surface area contributed by atoms with Crippen molar-refractivity contribution in [2.75, 3.05) is 4.90 Å². The minimum absolute atomic E-state index is 0.882. The summed E-state index contributed by atoms with van der Waals surface area (Å²) in [4.78, 5) is 2.34. The Kier molecular flexibility index (Phi) is 5.57. The highest BCUT2D eigenvalue weighted by molar-refractivity contribution is 6.19. The first kappa shape index (κ1) is 26.0. The van der Waals surface area contributed by atoms with Crippen molar-refractivity contribution in [3.05, 3.63) is 164 Å². The highest BCUT2D eigenvalue weighted by Crippen LogP contribution is 2.44. The number of para-hydroxylation sites is 3. The second-order valence-corrected chi connectivity index (χ2v) is 12.1. The third-order valence-electron chi connectivity index (χ3n) is 9.44. The summed E-state index contributed by atoms with van der Waals surface area (Å²) in [5, 5.41) is 9.21. The highest BCUT2D eigenvalue weighted by atomic mass is 16.3. The lowest BCUT2D eigenvalue weighted by Gasteiger charge is -2.28. The van der Waals surface area contributed by atoms with Gasteiger partial charge in [0.15, 0.2) is 0 Å². The van der Waals surface area contributed by atoms with Crippen molar-refractivity contribution in [3.63, 3.8) is 0 Å². The van der Waals surface area contributed by atoms with E-state index < -0.39 is 0 Å². The normalized spacial score (nSPS) is 11.8. The van der Waals surface area contributed by atoms with Crippen molar-refractivity contribution in [3.8, 4) is 11.1 Å². The van der Waals surface area contributed by atoms with Crippen molar-refractivity contribution in [1.29, 1.82) is 0 Å². The van der Waals surface area contributed by atoms with E-state index in [2.05, 4.69) is 157 Å². The maximum absolute atomic E-state index is 6.48. The van der Waals surface area contributed by atoms with Gasteiger partial charge in [-0.3, -0.25) is 0 Å². The molecule has 0 amide bonds. The van der Waals surface area contributed by atoms with Crippen molar-refractivity contribution in [2.45, 2.75) is 0 Å². The van der Waals surface area contributed by atoms with E-state index >= 15 is 0 Å². The number of hydrogen-bond donors (Lipinski definition) is 0. The fourth-order valence-electron chi connectivity index (χ4n) is 7.26. The van der Waals surface area contributed by atoms with Crippen molar-refractivity contribution in [1.82, 2.24) is 0 Å². The molecule has 220 valence electrons. The largest absolute Gasteiger partial charge is 0.456 e. The summed E-state index contributed by atoms with van der Waals surface area (Å²) < 4.78 is 13.0. The molecule has 10 rings (SSSR count). The predicted molar refractivity (Wildman–Crippen MR) is 196 cm³/mol. The summed E-state index contributed by atoms with van der Waals surface area (Å²) in [6.07, 6.45) is 0. The molecule has 0 atom stereocenters. The molecule has 0 aliphatic carbocycles. The summed E-state index contributed by atoms with van der Waals surface area (Å²) >= 11 is 0. The number of nitrogens with zero attached hydrogens (tertiary/aromatic N) is 1. The topological polar surface area (TPSA) is 29.5 Å². The van der Waals surface area contributed by atoms with E-state index in [-0.39, 0.29) is 0 Å². The Bertz CT molecular complexity index is 2810. The molecule has 0 bridgehead atoms. The van der Waals surface area contributed by atoms with Crippen LogP contribution in [0.5, 0.6) is 0 Å². The van der Waals surface area contributed by atoms with Gasteiger partial charge in [0.2, 0.25) is 0 Å². The zero-order valence-electron chi connectivity index (χ0n) is 25.4. The Morgan fingerprint density at radius 3 is 2.04 bits per heavy atom. The van der Waals surface area contributed by atoms with Gasteiger partial charge in [-0.25, -0.2) is 0 Å². The zero-order chi connectivity index (χ0) is 30.9. The summed E-state index contributed by atoms with van der Waals surface area (Å²) in [5.74, 6) is 0. The van der Waals surface area contributed by atoms with Gasteiger partial charge in [0.25, 0.3) is 0 Å². The minimum atomic E-state index is 0.882. The fourth-order valence-corrected chi connectivity index (χ4v) is 7.26. The van der Waals surface area contributed by atoms with Crippen LogP contribution in [0.4, 0.5) is 17.1 Å². The molecule has 0 fully saturated rings. The van der Waals surface area contributed by atoms with E-state index in [1.54, 1.807) is 0 Å². The van der Waals surface area contributed by atoms with E-state index in [4.69, 9.17) is 8.83 Å². The van der Waals surface area contributed by atoms with Crippen LogP contribution in [0.3, 0.4) is 0 Å². The predicted octanol–water partition coefficient (Wildman–Crippen LogP) is 12.9. The second kappa shape index (κ2) is 10.1. The van der Waals surface area contributed by atoms with Crippen LogP contribution >= 0.6 is 0 Å². The second-order valence-electron chi connectivity index (χ2n) is 12.1. The summed E-state index contributed by atoms with van der Waals surface area (Å²) in [6, 6.07) is 57.8. The standard InChI is InChI=1S/C44H27NO2/c1-2-11-31(12-3-1)45(32-22-18-29-19-23-36-35-15-7-9-17-40(35)47-44(36)38(29)27-32)39-16-8-6-13-33(39)30-20-24-37-42(26-30)46-41-25-21-28-10-4-5-14-34(28)43(37)41/h1-27H. The first-order chi connectivity index (χ1) is 23.3. The van der Waals surface area contributed by atoms with Gasteiger partial charge < -0.3 is 13.7 Å². The molecule has 0 aliphatic rings. The Morgan fingerprint density at radius 2 is 1.11 bits per heavy atom. The Balaban J connectivity index is 1.18. The van der Waals surface area contributed by atoms with Gasteiger partial charge in [-0.1, -0.05) is 103 Å². The van der Waals surface area contributed by atoms with Crippen molar-refractivity contribution < 1.29 is 8.83 Å². The lowest BCUT2D eigenvalue weighted by atomic mass is 9.98. The molecule has 2 heterocycles. The molecule has 10 aromatic rings. The number of hydrogen-bond acceptors (Lipinski definition) is 3. The van der Waals surface area contributed by atoms with Crippen molar-refractivity contribution >= 4 is 82.5 Å². The van der Waals surface area contributed by atoms with E-state index in [1.807, 2.05) is 12.1 Å². The van der Waals surface area contributed by atoms with Gasteiger partial charge in [0.1, 0.15) is 22.3 Å². The number of anilines is 3. The van der Waals surface area contributed by atoms with Crippen LogP contribution in [0.15, 0.2) is 173 Å². The van der Waals surface area contributed by atoms with Crippen LogP contribution in [0, 0.1) is 0 Å². The summed E-state index contributed by atoms with van der Waals surface area (Å²) in [5.41, 5.74) is 9.03. The Morgan fingerprint density at radius 1 is 0.383 bits per heavy atom. The van der Waals surface area contributed by atoms with E-state index in [9.17, 15) is 0 Å². The average Bonchev–Trinajstić information content (AvgIpc) is 3.71. The van der Waals surface area contributed by atoms with Crippen LogP contribution < -0.4 is 4.90 Å². The molecule has 3 heteroatoms. The van der Waals surface area contributed by atoms with Crippen molar-refractivity contribution in [2.24, 2.45) is 0 Å². The maximum atomic E-state index is 6.48. The molecule has 0 N–H and O–H groups in total. The molecule has 0 saturated heterocycles. The van der Waals surface area contributed by atoms with Gasteiger partial charge in [-0.15, -0.1) is 0 Å². The van der Waals surface area contributed by atoms with E-state index in [1.165, 1.54) is 10.8 Å². The molecule has 0 aliphatic heterocycles. The van der Waals surface area contributed by atoms with Gasteiger partial charge >= 0.3 is 0 Å². The quantitative estimate of drug-likeness (QED) is 0.201. The Labute approximate surface area is 270 Å². The number of rotatable bonds is 4. The van der Waals surface area contributed by atoms with Crippen LogP contribution in [0.25, 0.3) is 76.5 Å². The molecule has 0 spiro atoms. The first-order valence-corrected chi connectivity index (χ1v) is 15.9. The monoisotopic (exact) mass is 601 g/mol. The highest BCUT2D eigenvalue weighted by Gasteiger charge is 2.20. The third kappa shape index (κ3) is 4.00. The van der Waals surface area contributed by atoms with Crippen LogP contribution in [0.2, 0.25) is 0 Å². The smallest absolute Gasteiger partial charge is 0.143 e. The van der Waals surface area contributed by atoms with Crippen LogP contribution in [-0.2, 0) is 0 Å². The van der Waals surface area contributed by atoms with Gasteiger partial charge in [0.05, 0.1) is 5.69 Å². The SMILES string of the molecule is c1ccc(N(c2ccc3ccc4c5ccccc5oc4c3c2)c2ccccc2-c2ccc3c(c2)oc2ccc4ccccc4c23)cc1. The molecule has 3 nitrogen and oxygen atoms in total. The van der Waals surface area contributed by atoms with Gasteiger partial charge in [-0.05, 0) is 82.4 Å². The maximum Gasteiger partial charge on any atom is 0.143 e. The Hall–Kier alpha value is -6.32. The molecule has 8 aromatic carbocycles. The van der Waals surface area contributed by atoms with Crippen LogP contribution in [-0.4, -0.2) is 0 Å². The molecule has 2 aromatic heterocycles. The van der Waals surface area contributed by atoms with Crippen LogP contribution in [0.1, 0.15) is 0 Å². The van der Waals surface area contributed by atoms with E-state index in [0.29, 0.717) is 0 Å². The number of benzene rings is 8.